The normalized spacial score (nSPS) is 17.2. The van der Waals surface area contributed by atoms with E-state index in [9.17, 15) is 4.79 Å². The maximum absolute atomic E-state index is 12.7. The molecule has 4 heterocycles. The lowest BCUT2D eigenvalue weighted by Gasteiger charge is -2.33. The van der Waals surface area contributed by atoms with Gasteiger partial charge in [-0.3, -0.25) is 4.79 Å². The van der Waals surface area contributed by atoms with E-state index in [4.69, 9.17) is 9.40 Å². The van der Waals surface area contributed by atoms with Crippen molar-refractivity contribution in [3.63, 3.8) is 0 Å². The van der Waals surface area contributed by atoms with E-state index >= 15 is 0 Å². The Morgan fingerprint density at radius 3 is 3.00 bits per heavy atom. The molecule has 0 radical (unpaired) electrons. The van der Waals surface area contributed by atoms with Crippen molar-refractivity contribution in [2.45, 2.75) is 40.0 Å². The van der Waals surface area contributed by atoms with Gasteiger partial charge in [-0.2, -0.15) is 4.98 Å². The van der Waals surface area contributed by atoms with Crippen molar-refractivity contribution >= 4 is 34.2 Å². The van der Waals surface area contributed by atoms with E-state index in [0.29, 0.717) is 24.6 Å². The summed E-state index contributed by atoms with van der Waals surface area (Å²) in [7, 11) is 0. The van der Waals surface area contributed by atoms with Crippen LogP contribution in [-0.2, 0) is 11.2 Å². The maximum Gasteiger partial charge on any atom is 0.231 e. The van der Waals surface area contributed by atoms with Gasteiger partial charge in [-0.25, -0.2) is 4.98 Å². The number of furan rings is 1. The molecular weight excluding hydrogens is 372 g/mol. The molecule has 3 aromatic rings. The second-order valence-corrected chi connectivity index (χ2v) is 8.50. The van der Waals surface area contributed by atoms with Gasteiger partial charge in [0, 0.05) is 30.1 Å². The predicted molar refractivity (Wildman–Crippen MR) is 112 cm³/mol. The zero-order valence-electron chi connectivity index (χ0n) is 16.6. The largest absolute Gasteiger partial charge is 0.443 e. The number of fused-ring (bicyclic) bond motifs is 1. The van der Waals surface area contributed by atoms with E-state index in [-0.39, 0.29) is 11.8 Å². The summed E-state index contributed by atoms with van der Waals surface area (Å²) in [6, 6.07) is 4.15. The Balaban J connectivity index is 1.48. The van der Waals surface area contributed by atoms with Crippen LogP contribution in [0.1, 0.15) is 34.9 Å². The van der Waals surface area contributed by atoms with E-state index in [1.54, 1.807) is 11.3 Å². The monoisotopic (exact) mass is 398 g/mol. The summed E-state index contributed by atoms with van der Waals surface area (Å²) in [5.74, 6) is 2.59. The predicted octanol–water partition coefficient (Wildman–Crippen LogP) is 3.78. The van der Waals surface area contributed by atoms with Crippen LogP contribution < -0.4 is 10.2 Å². The van der Waals surface area contributed by atoms with Gasteiger partial charge >= 0.3 is 0 Å². The highest BCUT2D eigenvalue weighted by Crippen LogP contribution is 2.33. The molecular formula is C21H26N4O2S. The second kappa shape index (κ2) is 7.91. The molecule has 4 rings (SSSR count). The number of carbonyl (C=O) groups is 1. The van der Waals surface area contributed by atoms with Crippen molar-refractivity contribution in [1.82, 2.24) is 15.3 Å². The van der Waals surface area contributed by atoms with Gasteiger partial charge in [-0.05, 0) is 51.5 Å². The van der Waals surface area contributed by atoms with Crippen LogP contribution in [0.4, 0.5) is 5.82 Å². The van der Waals surface area contributed by atoms with Crippen LogP contribution in [0, 0.1) is 26.7 Å². The number of hydrogen-bond donors (Lipinski definition) is 1. The SMILES string of the molecule is Cc1nc(N2CCCC(C(=O)NCCc3cccs3)C2)c2c(C)c(C)oc2n1. The molecule has 1 fully saturated rings. The molecule has 148 valence electrons. The van der Waals surface area contributed by atoms with Crippen LogP contribution >= 0.6 is 11.3 Å². The lowest BCUT2D eigenvalue weighted by Crippen LogP contribution is -2.44. The molecule has 1 aliphatic heterocycles. The number of rotatable bonds is 5. The highest BCUT2D eigenvalue weighted by Gasteiger charge is 2.29. The van der Waals surface area contributed by atoms with Gasteiger partial charge in [0.1, 0.15) is 17.4 Å². The second-order valence-electron chi connectivity index (χ2n) is 7.46. The molecule has 0 aromatic carbocycles. The number of thiophene rings is 1. The lowest BCUT2D eigenvalue weighted by molar-refractivity contribution is -0.125. The average molecular weight is 399 g/mol. The summed E-state index contributed by atoms with van der Waals surface area (Å²) in [5, 5.41) is 6.16. The molecule has 3 aromatic heterocycles. The van der Waals surface area contributed by atoms with Gasteiger partial charge in [0.05, 0.1) is 11.3 Å². The number of piperidine rings is 1. The first-order valence-corrected chi connectivity index (χ1v) is 10.7. The number of amides is 1. The fraction of sp³-hybridized carbons (Fsp3) is 0.476. The van der Waals surface area contributed by atoms with Crippen LogP contribution in [0.5, 0.6) is 0 Å². The topological polar surface area (TPSA) is 71.3 Å². The summed E-state index contributed by atoms with van der Waals surface area (Å²) in [6.45, 7) is 8.15. The molecule has 7 heteroatoms. The van der Waals surface area contributed by atoms with E-state index in [0.717, 1.165) is 48.3 Å². The minimum absolute atomic E-state index is 0.0179. The van der Waals surface area contributed by atoms with Gasteiger partial charge in [-0.1, -0.05) is 6.07 Å². The third-order valence-corrected chi connectivity index (χ3v) is 6.40. The molecule has 6 nitrogen and oxygen atoms in total. The fourth-order valence-corrected chi connectivity index (χ4v) is 4.56. The van der Waals surface area contributed by atoms with Crippen molar-refractivity contribution in [3.8, 4) is 0 Å². The van der Waals surface area contributed by atoms with E-state index < -0.39 is 0 Å². The number of aryl methyl sites for hydroxylation is 3. The molecule has 1 amide bonds. The Morgan fingerprint density at radius 1 is 1.36 bits per heavy atom. The van der Waals surface area contributed by atoms with Gasteiger partial charge in [0.15, 0.2) is 0 Å². The standard InChI is InChI=1S/C21H26N4O2S/c1-13-14(2)27-21-18(13)19(23-15(3)24-21)25-10-4-6-16(12-25)20(26)22-9-8-17-7-5-11-28-17/h5,7,11,16H,4,6,8-10,12H2,1-3H3,(H,22,26). The van der Waals surface area contributed by atoms with Crippen molar-refractivity contribution in [3.05, 3.63) is 39.5 Å². The number of nitrogens with zero attached hydrogens (tertiary/aromatic N) is 3. The molecule has 1 N–H and O–H groups in total. The summed E-state index contributed by atoms with van der Waals surface area (Å²) in [5.41, 5.74) is 1.72. The highest BCUT2D eigenvalue weighted by atomic mass is 32.1. The Hall–Kier alpha value is -2.41. The van der Waals surface area contributed by atoms with Crippen molar-refractivity contribution < 1.29 is 9.21 Å². The summed E-state index contributed by atoms with van der Waals surface area (Å²) in [4.78, 5) is 25.4. The summed E-state index contributed by atoms with van der Waals surface area (Å²) >= 11 is 1.73. The first-order valence-electron chi connectivity index (χ1n) is 9.82. The molecule has 1 saturated heterocycles. The molecule has 0 saturated carbocycles. The molecule has 1 unspecified atom stereocenters. The zero-order valence-corrected chi connectivity index (χ0v) is 17.4. The van der Waals surface area contributed by atoms with Gasteiger partial charge < -0.3 is 14.6 Å². The van der Waals surface area contributed by atoms with Gasteiger partial charge in [0.2, 0.25) is 11.6 Å². The molecule has 0 spiro atoms. The fourth-order valence-electron chi connectivity index (χ4n) is 3.85. The number of aromatic nitrogens is 2. The van der Waals surface area contributed by atoms with Gasteiger partial charge in [0.25, 0.3) is 0 Å². The number of nitrogens with one attached hydrogen (secondary N) is 1. The van der Waals surface area contributed by atoms with E-state index in [1.165, 1.54) is 4.88 Å². The maximum atomic E-state index is 12.7. The van der Waals surface area contributed by atoms with Crippen molar-refractivity contribution in [2.75, 3.05) is 24.5 Å². The minimum atomic E-state index is -0.0179. The first-order chi connectivity index (χ1) is 13.5. The Bertz CT molecular complexity index is 980. The van der Waals surface area contributed by atoms with Crippen LogP contribution in [0.2, 0.25) is 0 Å². The number of anilines is 1. The van der Waals surface area contributed by atoms with Crippen LogP contribution in [-0.4, -0.2) is 35.5 Å². The van der Waals surface area contributed by atoms with Gasteiger partial charge in [-0.15, -0.1) is 11.3 Å². The first kappa shape index (κ1) is 18.9. The molecule has 28 heavy (non-hydrogen) atoms. The summed E-state index contributed by atoms with van der Waals surface area (Å²) in [6.07, 6.45) is 2.78. The highest BCUT2D eigenvalue weighted by molar-refractivity contribution is 7.09. The molecule has 1 atom stereocenters. The molecule has 0 bridgehead atoms. The lowest BCUT2D eigenvalue weighted by atomic mass is 9.96. The smallest absolute Gasteiger partial charge is 0.231 e. The van der Waals surface area contributed by atoms with Crippen molar-refractivity contribution in [1.29, 1.82) is 0 Å². The minimum Gasteiger partial charge on any atom is -0.443 e. The number of carbonyl (C=O) groups excluding carboxylic acids is 1. The third-order valence-electron chi connectivity index (χ3n) is 5.46. The van der Waals surface area contributed by atoms with E-state index in [2.05, 4.69) is 26.6 Å². The van der Waals surface area contributed by atoms with Crippen molar-refractivity contribution in [2.24, 2.45) is 5.92 Å². The third kappa shape index (κ3) is 3.76. The van der Waals surface area contributed by atoms with E-state index in [1.807, 2.05) is 26.8 Å². The zero-order chi connectivity index (χ0) is 19.7. The quantitative estimate of drug-likeness (QED) is 0.708. The molecule has 0 aliphatic carbocycles. The Kier molecular flexibility index (Phi) is 5.35. The number of hydrogen-bond acceptors (Lipinski definition) is 6. The molecule has 1 aliphatic rings. The van der Waals surface area contributed by atoms with Crippen LogP contribution in [0.25, 0.3) is 11.1 Å². The summed E-state index contributed by atoms with van der Waals surface area (Å²) < 4.78 is 5.82. The average Bonchev–Trinajstić information content (AvgIpc) is 3.29. The van der Waals surface area contributed by atoms with Crippen LogP contribution in [0.15, 0.2) is 21.9 Å². The Labute approximate surface area is 169 Å². The van der Waals surface area contributed by atoms with Crippen LogP contribution in [0.3, 0.4) is 0 Å². The Morgan fingerprint density at radius 2 is 2.21 bits per heavy atom.